The van der Waals surface area contributed by atoms with Crippen molar-refractivity contribution in [1.29, 1.82) is 0 Å². The summed E-state index contributed by atoms with van der Waals surface area (Å²) in [4.78, 5) is 4.50. The quantitative estimate of drug-likeness (QED) is 0.337. The maximum absolute atomic E-state index is 12.6. The highest BCUT2D eigenvalue weighted by atomic mass is 127. The Morgan fingerprint density at radius 3 is 2.52 bits per heavy atom. The summed E-state index contributed by atoms with van der Waals surface area (Å²) >= 11 is 0. The van der Waals surface area contributed by atoms with E-state index in [1.165, 1.54) is 12.1 Å². The second-order valence-corrected chi connectivity index (χ2v) is 6.84. The van der Waals surface area contributed by atoms with Crippen LogP contribution < -0.4 is 15.4 Å². The summed E-state index contributed by atoms with van der Waals surface area (Å²) < 4.78 is 47.2. The van der Waals surface area contributed by atoms with Gasteiger partial charge >= 0.3 is 6.36 Å². The van der Waals surface area contributed by atoms with Crippen LogP contribution in [-0.2, 0) is 4.74 Å². The lowest BCUT2D eigenvalue weighted by atomic mass is 10.1. The molecule has 0 aliphatic heterocycles. The molecule has 1 saturated carbocycles. The first-order valence-corrected chi connectivity index (χ1v) is 8.60. The summed E-state index contributed by atoms with van der Waals surface area (Å²) in [6.45, 7) is 6.97. The normalized spacial score (nSPS) is 19.9. The molecule has 0 amide bonds. The average molecular weight is 501 g/mol. The largest absolute Gasteiger partial charge is 0.573 e. The number of rotatable bonds is 7. The lowest BCUT2D eigenvalue weighted by Crippen LogP contribution is -2.40. The van der Waals surface area contributed by atoms with Gasteiger partial charge in [-0.05, 0) is 38.8 Å². The summed E-state index contributed by atoms with van der Waals surface area (Å²) in [5.41, 5.74) is 0.161. The van der Waals surface area contributed by atoms with Crippen molar-refractivity contribution in [2.45, 2.75) is 51.1 Å². The molecule has 1 fully saturated rings. The summed E-state index contributed by atoms with van der Waals surface area (Å²) in [6.07, 6.45) is -3.98. The van der Waals surface area contributed by atoms with Crippen molar-refractivity contribution in [3.63, 3.8) is 0 Å². The molecule has 2 unspecified atom stereocenters. The van der Waals surface area contributed by atoms with Crippen molar-refractivity contribution in [3.05, 3.63) is 29.8 Å². The maximum atomic E-state index is 12.6. The molecular formula is C18H27F3IN3O2. The fourth-order valence-electron chi connectivity index (χ4n) is 2.53. The Hall–Kier alpha value is -1.23. The van der Waals surface area contributed by atoms with E-state index in [9.17, 15) is 13.2 Å². The number of hydrogen-bond donors (Lipinski definition) is 2. The van der Waals surface area contributed by atoms with Crippen LogP contribution in [0.3, 0.4) is 0 Å². The first kappa shape index (κ1) is 23.8. The zero-order valence-electron chi connectivity index (χ0n) is 15.9. The lowest BCUT2D eigenvalue weighted by Gasteiger charge is -2.21. The van der Waals surface area contributed by atoms with E-state index >= 15 is 0 Å². The highest BCUT2D eigenvalue weighted by molar-refractivity contribution is 14.0. The van der Waals surface area contributed by atoms with Crippen LogP contribution in [0.5, 0.6) is 5.75 Å². The van der Waals surface area contributed by atoms with Crippen LogP contribution in [0.4, 0.5) is 13.2 Å². The molecule has 9 heteroatoms. The zero-order valence-corrected chi connectivity index (χ0v) is 18.2. The van der Waals surface area contributed by atoms with E-state index in [1.54, 1.807) is 19.2 Å². The van der Waals surface area contributed by atoms with E-state index in [-0.39, 0.29) is 41.7 Å². The van der Waals surface area contributed by atoms with Crippen molar-refractivity contribution < 1.29 is 22.6 Å². The number of hydrogen-bond acceptors (Lipinski definition) is 3. The predicted molar refractivity (Wildman–Crippen MR) is 110 cm³/mol. The third-order valence-electron chi connectivity index (χ3n) is 4.17. The molecule has 27 heavy (non-hydrogen) atoms. The number of alkyl halides is 3. The number of guanidine groups is 1. The van der Waals surface area contributed by atoms with Gasteiger partial charge in [0.15, 0.2) is 5.96 Å². The standard InChI is InChI=1S/C18H26F3N3O2.HI/c1-5-22-16(23-11-17(2,3)25-4)24-14-10-13(14)12-8-6-7-9-15(12)26-18(19,20)21;/h6-9,13-14H,5,10-11H2,1-4H3,(H2,22,23,24);1H. The van der Waals surface area contributed by atoms with Gasteiger partial charge in [-0.25, -0.2) is 0 Å². The smallest absolute Gasteiger partial charge is 0.405 e. The van der Waals surface area contributed by atoms with Crippen LogP contribution in [0.25, 0.3) is 0 Å². The average Bonchev–Trinajstić information content (AvgIpc) is 3.31. The molecule has 0 heterocycles. The Bertz CT molecular complexity index is 639. The van der Waals surface area contributed by atoms with Gasteiger partial charge in [-0.1, -0.05) is 18.2 Å². The molecule has 0 radical (unpaired) electrons. The molecule has 0 bridgehead atoms. The number of para-hydroxylation sites is 1. The van der Waals surface area contributed by atoms with Crippen LogP contribution >= 0.6 is 24.0 Å². The van der Waals surface area contributed by atoms with Crippen LogP contribution in [0.2, 0.25) is 0 Å². The van der Waals surface area contributed by atoms with Gasteiger partial charge in [-0.2, -0.15) is 0 Å². The van der Waals surface area contributed by atoms with Gasteiger partial charge in [0, 0.05) is 25.6 Å². The minimum atomic E-state index is -4.70. The lowest BCUT2D eigenvalue weighted by molar-refractivity contribution is -0.274. The molecular weight excluding hydrogens is 474 g/mol. The topological polar surface area (TPSA) is 54.9 Å². The number of halogens is 4. The Labute approximate surface area is 175 Å². The molecule has 1 aliphatic carbocycles. The highest BCUT2D eigenvalue weighted by Gasteiger charge is 2.42. The Kier molecular flexibility index (Phi) is 8.65. The van der Waals surface area contributed by atoms with Crippen molar-refractivity contribution in [1.82, 2.24) is 10.6 Å². The van der Waals surface area contributed by atoms with E-state index in [1.807, 2.05) is 20.8 Å². The SMILES string of the molecule is CCNC(=NCC(C)(C)OC)NC1CC1c1ccccc1OC(F)(F)F.I. The summed E-state index contributed by atoms with van der Waals surface area (Å²) in [5, 5.41) is 6.42. The first-order valence-electron chi connectivity index (χ1n) is 8.60. The third kappa shape index (κ3) is 7.73. The molecule has 0 saturated heterocycles. The molecule has 1 aromatic rings. The predicted octanol–water partition coefficient (Wildman–Crippen LogP) is 4.04. The van der Waals surface area contributed by atoms with Gasteiger partial charge < -0.3 is 20.1 Å². The number of methoxy groups -OCH3 is 1. The summed E-state index contributed by atoms with van der Waals surface area (Å²) in [6, 6.07) is 6.28. The van der Waals surface area contributed by atoms with Crippen molar-refractivity contribution in [2.75, 3.05) is 20.2 Å². The molecule has 1 aliphatic rings. The molecule has 154 valence electrons. The summed E-state index contributed by atoms with van der Waals surface area (Å²) in [7, 11) is 1.63. The Morgan fingerprint density at radius 1 is 1.26 bits per heavy atom. The van der Waals surface area contributed by atoms with Crippen LogP contribution in [0.1, 0.15) is 38.7 Å². The fourth-order valence-corrected chi connectivity index (χ4v) is 2.53. The summed E-state index contributed by atoms with van der Waals surface area (Å²) in [5.74, 6) is 0.434. The van der Waals surface area contributed by atoms with Gasteiger partial charge in [0.1, 0.15) is 5.75 Å². The van der Waals surface area contributed by atoms with E-state index in [4.69, 9.17) is 4.74 Å². The van der Waals surface area contributed by atoms with Gasteiger partial charge in [0.2, 0.25) is 0 Å². The first-order chi connectivity index (χ1) is 12.1. The van der Waals surface area contributed by atoms with Crippen LogP contribution in [0.15, 0.2) is 29.3 Å². The van der Waals surface area contributed by atoms with Crippen molar-refractivity contribution in [3.8, 4) is 5.75 Å². The van der Waals surface area contributed by atoms with Gasteiger partial charge in [-0.3, -0.25) is 4.99 Å². The molecule has 1 aromatic carbocycles. The molecule has 2 N–H and O–H groups in total. The monoisotopic (exact) mass is 501 g/mol. The van der Waals surface area contributed by atoms with E-state index in [0.717, 1.165) is 6.42 Å². The van der Waals surface area contributed by atoms with E-state index < -0.39 is 12.0 Å². The molecule has 0 spiro atoms. The second-order valence-electron chi connectivity index (χ2n) is 6.84. The van der Waals surface area contributed by atoms with Crippen LogP contribution in [0, 0.1) is 0 Å². The van der Waals surface area contributed by atoms with Crippen molar-refractivity contribution >= 4 is 29.9 Å². The molecule has 5 nitrogen and oxygen atoms in total. The highest BCUT2D eigenvalue weighted by Crippen LogP contribution is 2.45. The number of ether oxygens (including phenoxy) is 2. The Morgan fingerprint density at radius 2 is 1.93 bits per heavy atom. The van der Waals surface area contributed by atoms with Gasteiger partial charge in [0.05, 0.1) is 12.1 Å². The Balaban J connectivity index is 0.00000364. The fraction of sp³-hybridized carbons (Fsp3) is 0.611. The third-order valence-corrected chi connectivity index (χ3v) is 4.17. The molecule has 2 rings (SSSR count). The van der Waals surface area contributed by atoms with E-state index in [0.29, 0.717) is 24.6 Å². The minimum Gasteiger partial charge on any atom is -0.405 e. The molecule has 2 atom stereocenters. The van der Waals surface area contributed by atoms with Gasteiger partial charge in [-0.15, -0.1) is 37.1 Å². The minimum absolute atomic E-state index is 0. The number of nitrogens with zero attached hydrogens (tertiary/aromatic N) is 1. The number of nitrogens with one attached hydrogen (secondary N) is 2. The maximum Gasteiger partial charge on any atom is 0.573 e. The number of benzene rings is 1. The zero-order chi connectivity index (χ0) is 19.4. The molecule has 0 aromatic heterocycles. The van der Waals surface area contributed by atoms with Crippen LogP contribution in [-0.4, -0.2) is 44.2 Å². The second kappa shape index (κ2) is 9.81. The number of aliphatic imine (C=N–C) groups is 1. The van der Waals surface area contributed by atoms with E-state index in [2.05, 4.69) is 20.4 Å². The van der Waals surface area contributed by atoms with Gasteiger partial charge in [0.25, 0.3) is 0 Å². The van der Waals surface area contributed by atoms with Crippen molar-refractivity contribution in [2.24, 2.45) is 4.99 Å².